The summed E-state index contributed by atoms with van der Waals surface area (Å²) in [5, 5.41) is 23.4. The molecular weight excluding hydrogens is 286 g/mol. The lowest BCUT2D eigenvalue weighted by atomic mass is 10.1. The zero-order chi connectivity index (χ0) is 15.4. The van der Waals surface area contributed by atoms with Crippen molar-refractivity contribution in [1.29, 1.82) is 0 Å². The summed E-state index contributed by atoms with van der Waals surface area (Å²) in [6.45, 7) is -2.65. The Balaban J connectivity index is 2.07. The molecule has 1 aliphatic carbocycles. The molecule has 1 aromatic rings. The third-order valence-electron chi connectivity index (χ3n) is 3.56. The molecule has 0 saturated heterocycles. The van der Waals surface area contributed by atoms with Crippen LogP contribution in [-0.4, -0.2) is 29.3 Å². The topological polar surface area (TPSA) is 84.6 Å². The van der Waals surface area contributed by atoms with Crippen molar-refractivity contribution in [2.75, 3.05) is 11.9 Å². The van der Waals surface area contributed by atoms with Crippen LogP contribution in [0.1, 0.15) is 19.3 Å². The maximum Gasteiger partial charge on any atom is 0.387 e. The Morgan fingerprint density at radius 2 is 2.24 bits per heavy atom. The molecule has 1 fully saturated rings. The van der Waals surface area contributed by atoms with E-state index in [1.54, 1.807) is 0 Å². The van der Waals surface area contributed by atoms with E-state index in [-0.39, 0.29) is 12.0 Å². The molecule has 0 heterocycles. The number of hydrogen-bond acceptors (Lipinski definition) is 5. The molecule has 2 unspecified atom stereocenters. The summed E-state index contributed by atoms with van der Waals surface area (Å²) in [4.78, 5) is 9.98. The van der Waals surface area contributed by atoms with Gasteiger partial charge in [-0.3, -0.25) is 10.1 Å². The lowest BCUT2D eigenvalue weighted by molar-refractivity contribution is -0.386. The zero-order valence-corrected chi connectivity index (χ0v) is 11.2. The van der Waals surface area contributed by atoms with Gasteiger partial charge < -0.3 is 15.2 Å². The van der Waals surface area contributed by atoms with Crippen LogP contribution in [0.15, 0.2) is 18.2 Å². The first-order valence-corrected chi connectivity index (χ1v) is 6.62. The molecule has 2 rings (SSSR count). The fourth-order valence-electron chi connectivity index (χ4n) is 2.47. The van der Waals surface area contributed by atoms with Gasteiger partial charge in [-0.1, -0.05) is 6.42 Å². The smallest absolute Gasteiger partial charge is 0.387 e. The van der Waals surface area contributed by atoms with E-state index in [0.29, 0.717) is 12.2 Å². The average molecular weight is 302 g/mol. The van der Waals surface area contributed by atoms with E-state index >= 15 is 0 Å². The van der Waals surface area contributed by atoms with E-state index in [0.717, 1.165) is 25.3 Å². The van der Waals surface area contributed by atoms with Gasteiger partial charge >= 0.3 is 12.3 Å². The van der Waals surface area contributed by atoms with Gasteiger partial charge in [0.15, 0.2) is 0 Å². The van der Waals surface area contributed by atoms with Gasteiger partial charge in [0.1, 0.15) is 0 Å². The minimum atomic E-state index is -3.13. The number of ether oxygens (including phenoxy) is 1. The summed E-state index contributed by atoms with van der Waals surface area (Å²) in [6.07, 6.45) is 2.23. The van der Waals surface area contributed by atoms with Crippen molar-refractivity contribution in [1.82, 2.24) is 0 Å². The summed E-state index contributed by atoms with van der Waals surface area (Å²) in [6, 6.07) is 3.72. The van der Waals surface area contributed by atoms with Gasteiger partial charge in [0, 0.05) is 30.3 Å². The van der Waals surface area contributed by atoms with Gasteiger partial charge in [0.2, 0.25) is 5.75 Å². The second-order valence-corrected chi connectivity index (χ2v) is 4.96. The van der Waals surface area contributed by atoms with E-state index < -0.39 is 23.0 Å². The number of aliphatic hydroxyl groups excluding tert-OH is 1. The highest BCUT2D eigenvalue weighted by Crippen LogP contribution is 2.32. The summed E-state index contributed by atoms with van der Waals surface area (Å²) in [7, 11) is 0. The van der Waals surface area contributed by atoms with Crippen LogP contribution in [-0.2, 0) is 0 Å². The number of nitrogens with one attached hydrogen (secondary N) is 1. The molecule has 0 spiro atoms. The van der Waals surface area contributed by atoms with Crippen molar-refractivity contribution < 1.29 is 23.5 Å². The van der Waals surface area contributed by atoms with Gasteiger partial charge in [-0.05, 0) is 18.9 Å². The highest BCUT2D eigenvalue weighted by Gasteiger charge is 2.25. The molecule has 2 atom stereocenters. The monoisotopic (exact) mass is 302 g/mol. The second kappa shape index (κ2) is 6.66. The molecule has 6 nitrogen and oxygen atoms in total. The van der Waals surface area contributed by atoms with E-state index in [4.69, 9.17) is 0 Å². The highest BCUT2D eigenvalue weighted by atomic mass is 19.3. The van der Waals surface area contributed by atoms with Crippen molar-refractivity contribution >= 4 is 11.4 Å². The Hall–Kier alpha value is -1.96. The first-order valence-electron chi connectivity index (χ1n) is 6.62. The quantitative estimate of drug-likeness (QED) is 0.623. The van der Waals surface area contributed by atoms with E-state index in [2.05, 4.69) is 10.1 Å². The Morgan fingerprint density at radius 3 is 2.81 bits per heavy atom. The minimum absolute atomic E-state index is 0.0969. The van der Waals surface area contributed by atoms with Crippen LogP contribution in [0.25, 0.3) is 0 Å². The molecule has 8 heteroatoms. The van der Waals surface area contributed by atoms with Gasteiger partial charge in [-0.2, -0.15) is 8.78 Å². The number of hydrogen-bond donors (Lipinski definition) is 2. The third-order valence-corrected chi connectivity index (χ3v) is 3.56. The Labute approximate surface area is 119 Å². The van der Waals surface area contributed by atoms with E-state index in [9.17, 15) is 24.0 Å². The normalized spacial score (nSPS) is 21.5. The van der Waals surface area contributed by atoms with Crippen LogP contribution in [0.3, 0.4) is 0 Å². The molecule has 0 radical (unpaired) electrons. The average Bonchev–Trinajstić information content (AvgIpc) is 2.81. The number of benzene rings is 1. The lowest BCUT2D eigenvalue weighted by Gasteiger charge is -2.16. The maximum absolute atomic E-state index is 12.3. The molecule has 0 aliphatic heterocycles. The summed E-state index contributed by atoms with van der Waals surface area (Å²) >= 11 is 0. The Morgan fingerprint density at radius 1 is 1.48 bits per heavy atom. The standard InChI is InChI=1S/C13H16F2N2O4/c14-13(15)21-12-6-9(4-5-10(12)17(19)20)16-7-8-2-1-3-11(8)18/h4-6,8,11,13,16,18H,1-3,7H2. The minimum Gasteiger partial charge on any atom is -0.427 e. The molecule has 0 bridgehead atoms. The molecule has 2 N–H and O–H groups in total. The van der Waals surface area contributed by atoms with E-state index in [1.165, 1.54) is 12.1 Å². The number of anilines is 1. The largest absolute Gasteiger partial charge is 0.427 e. The highest BCUT2D eigenvalue weighted by molar-refractivity contribution is 5.58. The molecule has 1 aromatic carbocycles. The van der Waals surface area contributed by atoms with Crippen molar-refractivity contribution in [2.45, 2.75) is 32.0 Å². The number of nitro benzene ring substituents is 1. The van der Waals surface area contributed by atoms with Crippen LogP contribution in [0, 0.1) is 16.0 Å². The molecule has 116 valence electrons. The molecule has 1 aliphatic rings. The number of aliphatic hydroxyl groups is 1. The first-order chi connectivity index (χ1) is 9.97. The fraction of sp³-hybridized carbons (Fsp3) is 0.538. The zero-order valence-electron chi connectivity index (χ0n) is 11.2. The number of nitrogens with zero attached hydrogens (tertiary/aromatic N) is 1. The Kier molecular flexibility index (Phi) is 4.89. The molecular formula is C13H16F2N2O4. The van der Waals surface area contributed by atoms with Crippen molar-refractivity contribution in [3.63, 3.8) is 0 Å². The fourth-order valence-corrected chi connectivity index (χ4v) is 2.47. The summed E-state index contributed by atoms with van der Waals surface area (Å²) in [5.41, 5.74) is -0.0721. The molecule has 1 saturated carbocycles. The molecule has 0 aromatic heterocycles. The maximum atomic E-state index is 12.3. The number of rotatable bonds is 6. The number of nitro groups is 1. The van der Waals surface area contributed by atoms with Crippen LogP contribution in [0.5, 0.6) is 5.75 Å². The van der Waals surface area contributed by atoms with Crippen LogP contribution >= 0.6 is 0 Å². The predicted molar refractivity (Wildman–Crippen MR) is 71.6 cm³/mol. The van der Waals surface area contributed by atoms with Gasteiger partial charge in [0.05, 0.1) is 11.0 Å². The van der Waals surface area contributed by atoms with Crippen molar-refractivity contribution in [3.8, 4) is 5.75 Å². The van der Waals surface area contributed by atoms with Gasteiger partial charge in [-0.15, -0.1) is 0 Å². The number of halogens is 2. The van der Waals surface area contributed by atoms with Gasteiger partial charge in [-0.25, -0.2) is 0 Å². The van der Waals surface area contributed by atoms with Crippen LogP contribution < -0.4 is 10.1 Å². The SMILES string of the molecule is O=[N+]([O-])c1ccc(NCC2CCCC2O)cc1OC(F)F. The summed E-state index contributed by atoms with van der Waals surface area (Å²) in [5.74, 6) is -0.383. The lowest BCUT2D eigenvalue weighted by Crippen LogP contribution is -2.21. The van der Waals surface area contributed by atoms with Crippen molar-refractivity contribution in [3.05, 3.63) is 28.3 Å². The third kappa shape index (κ3) is 4.01. The molecule has 21 heavy (non-hydrogen) atoms. The molecule has 0 amide bonds. The Bertz CT molecular complexity index is 513. The first kappa shape index (κ1) is 15.4. The van der Waals surface area contributed by atoms with E-state index in [1.807, 2.05) is 0 Å². The summed E-state index contributed by atoms with van der Waals surface area (Å²) < 4.78 is 28.7. The number of alkyl halides is 2. The van der Waals surface area contributed by atoms with Crippen LogP contribution in [0.4, 0.5) is 20.2 Å². The van der Waals surface area contributed by atoms with Gasteiger partial charge in [0.25, 0.3) is 0 Å². The second-order valence-electron chi connectivity index (χ2n) is 4.96. The van der Waals surface area contributed by atoms with Crippen molar-refractivity contribution in [2.24, 2.45) is 5.92 Å². The predicted octanol–water partition coefficient (Wildman–Crippen LogP) is 2.77. The van der Waals surface area contributed by atoms with Crippen LogP contribution in [0.2, 0.25) is 0 Å².